The molecule has 0 saturated carbocycles. The SMILES string of the molecule is COc1ccc(-c2nc(C)c(C(C)Nc3cc(Cl)nc(C)n3)s2)cc1. The maximum atomic E-state index is 6.01. The number of hydrogen-bond acceptors (Lipinski definition) is 6. The number of hydrogen-bond donors (Lipinski definition) is 1. The summed E-state index contributed by atoms with van der Waals surface area (Å²) in [5, 5.41) is 4.80. The first-order valence-corrected chi connectivity index (χ1v) is 9.05. The maximum Gasteiger partial charge on any atom is 0.134 e. The molecule has 0 aliphatic rings. The van der Waals surface area contributed by atoms with E-state index < -0.39 is 0 Å². The van der Waals surface area contributed by atoms with Crippen LogP contribution in [0.1, 0.15) is 29.4 Å². The molecule has 0 aliphatic heterocycles. The number of nitrogens with one attached hydrogen (secondary N) is 1. The summed E-state index contributed by atoms with van der Waals surface area (Å²) in [4.78, 5) is 14.3. The van der Waals surface area contributed by atoms with Crippen LogP contribution in [0.4, 0.5) is 5.82 Å². The molecule has 0 bridgehead atoms. The van der Waals surface area contributed by atoms with E-state index in [0.29, 0.717) is 16.8 Å². The van der Waals surface area contributed by atoms with Gasteiger partial charge in [-0.3, -0.25) is 0 Å². The van der Waals surface area contributed by atoms with Crippen molar-refractivity contribution in [3.63, 3.8) is 0 Å². The van der Waals surface area contributed by atoms with Gasteiger partial charge in [-0.05, 0) is 45.0 Å². The number of aromatic nitrogens is 3. The van der Waals surface area contributed by atoms with Crippen LogP contribution in [-0.4, -0.2) is 22.1 Å². The molecule has 2 heterocycles. The first-order valence-electron chi connectivity index (χ1n) is 7.85. The topological polar surface area (TPSA) is 59.9 Å². The second kappa shape index (κ2) is 7.37. The minimum Gasteiger partial charge on any atom is -0.497 e. The highest BCUT2D eigenvalue weighted by Gasteiger charge is 2.16. The van der Waals surface area contributed by atoms with Crippen molar-refractivity contribution in [2.24, 2.45) is 0 Å². The molecule has 1 N–H and O–H groups in total. The fourth-order valence-corrected chi connectivity index (χ4v) is 3.86. The number of nitrogens with zero attached hydrogens (tertiary/aromatic N) is 3. The number of benzene rings is 1. The first kappa shape index (κ1) is 17.6. The molecule has 1 aromatic carbocycles. The van der Waals surface area contributed by atoms with Gasteiger partial charge >= 0.3 is 0 Å². The predicted molar refractivity (Wildman–Crippen MR) is 103 cm³/mol. The van der Waals surface area contributed by atoms with Crippen LogP contribution in [0.15, 0.2) is 30.3 Å². The van der Waals surface area contributed by atoms with Crippen LogP contribution in [0, 0.1) is 13.8 Å². The molecule has 3 aromatic rings. The van der Waals surface area contributed by atoms with Gasteiger partial charge in [0.05, 0.1) is 18.8 Å². The summed E-state index contributed by atoms with van der Waals surface area (Å²) in [7, 11) is 1.66. The average Bonchev–Trinajstić information content (AvgIpc) is 2.96. The van der Waals surface area contributed by atoms with E-state index in [0.717, 1.165) is 22.0 Å². The Bertz CT molecular complexity index is 859. The molecule has 5 nitrogen and oxygen atoms in total. The third-order valence-electron chi connectivity index (χ3n) is 3.73. The Morgan fingerprint density at radius 1 is 1.12 bits per heavy atom. The largest absolute Gasteiger partial charge is 0.497 e. The lowest BCUT2D eigenvalue weighted by Crippen LogP contribution is -2.08. The van der Waals surface area contributed by atoms with E-state index in [4.69, 9.17) is 21.3 Å². The molecule has 0 fully saturated rings. The fourth-order valence-electron chi connectivity index (χ4n) is 2.56. The van der Waals surface area contributed by atoms with Gasteiger partial charge in [0, 0.05) is 16.5 Å². The van der Waals surface area contributed by atoms with Crippen LogP contribution < -0.4 is 10.1 Å². The van der Waals surface area contributed by atoms with Gasteiger partial charge < -0.3 is 10.1 Å². The van der Waals surface area contributed by atoms with Gasteiger partial charge in [-0.2, -0.15) is 0 Å². The zero-order valence-corrected chi connectivity index (χ0v) is 16.1. The summed E-state index contributed by atoms with van der Waals surface area (Å²) in [5.74, 6) is 2.19. The lowest BCUT2D eigenvalue weighted by atomic mass is 10.2. The third-order valence-corrected chi connectivity index (χ3v) is 5.32. The monoisotopic (exact) mass is 374 g/mol. The molecule has 1 atom stereocenters. The van der Waals surface area contributed by atoms with Crippen LogP contribution in [0.2, 0.25) is 5.15 Å². The molecule has 130 valence electrons. The molecule has 0 saturated heterocycles. The van der Waals surface area contributed by atoms with Crippen LogP contribution in [-0.2, 0) is 0 Å². The second-order valence-corrected chi connectivity index (χ2v) is 7.10. The number of thiazole rings is 1. The van der Waals surface area contributed by atoms with Crippen molar-refractivity contribution in [3.8, 4) is 16.3 Å². The molecule has 1 unspecified atom stereocenters. The quantitative estimate of drug-likeness (QED) is 0.633. The number of halogens is 1. The van der Waals surface area contributed by atoms with Crippen LogP contribution in [0.25, 0.3) is 10.6 Å². The van der Waals surface area contributed by atoms with Crippen molar-refractivity contribution in [3.05, 3.63) is 51.9 Å². The van der Waals surface area contributed by atoms with Crippen molar-refractivity contribution >= 4 is 28.8 Å². The molecule has 2 aromatic heterocycles. The Kier molecular flexibility index (Phi) is 5.20. The van der Waals surface area contributed by atoms with E-state index in [9.17, 15) is 0 Å². The summed E-state index contributed by atoms with van der Waals surface area (Å²) in [6, 6.07) is 9.72. The highest BCUT2D eigenvalue weighted by atomic mass is 35.5. The summed E-state index contributed by atoms with van der Waals surface area (Å²) < 4.78 is 5.21. The summed E-state index contributed by atoms with van der Waals surface area (Å²) in [5.41, 5.74) is 2.08. The Hall–Kier alpha value is -2.18. The van der Waals surface area contributed by atoms with Gasteiger partial charge in [0.1, 0.15) is 27.6 Å². The lowest BCUT2D eigenvalue weighted by Gasteiger charge is -2.14. The summed E-state index contributed by atoms with van der Waals surface area (Å²) in [6.07, 6.45) is 0. The number of methoxy groups -OCH3 is 1. The van der Waals surface area contributed by atoms with Crippen LogP contribution in [0.3, 0.4) is 0 Å². The normalized spacial score (nSPS) is 12.0. The van der Waals surface area contributed by atoms with E-state index in [1.165, 1.54) is 4.88 Å². The zero-order chi connectivity index (χ0) is 18.0. The number of ether oxygens (including phenoxy) is 1. The smallest absolute Gasteiger partial charge is 0.134 e. The highest BCUT2D eigenvalue weighted by Crippen LogP contribution is 2.33. The summed E-state index contributed by atoms with van der Waals surface area (Å²) >= 11 is 7.68. The first-order chi connectivity index (χ1) is 12.0. The molecule has 7 heteroatoms. The van der Waals surface area contributed by atoms with Gasteiger partial charge in [0.2, 0.25) is 0 Å². The van der Waals surface area contributed by atoms with Gasteiger partial charge in [0.25, 0.3) is 0 Å². The van der Waals surface area contributed by atoms with Gasteiger partial charge in [-0.15, -0.1) is 11.3 Å². The number of aryl methyl sites for hydroxylation is 2. The van der Waals surface area contributed by atoms with Crippen molar-refractivity contribution in [2.75, 3.05) is 12.4 Å². The minimum absolute atomic E-state index is 0.0647. The highest BCUT2D eigenvalue weighted by molar-refractivity contribution is 7.15. The zero-order valence-electron chi connectivity index (χ0n) is 14.5. The fraction of sp³-hybridized carbons (Fsp3) is 0.278. The second-order valence-electron chi connectivity index (χ2n) is 5.69. The standard InChI is InChI=1S/C18H19ClN4OS/c1-10(20-16-9-15(19)22-12(3)23-16)17-11(2)21-18(25-17)13-5-7-14(24-4)8-6-13/h5-10H,1-4H3,(H,20,22,23). The Morgan fingerprint density at radius 3 is 2.48 bits per heavy atom. The lowest BCUT2D eigenvalue weighted by molar-refractivity contribution is 0.415. The van der Waals surface area contributed by atoms with E-state index in [-0.39, 0.29) is 6.04 Å². The van der Waals surface area contributed by atoms with Gasteiger partial charge in [-0.25, -0.2) is 15.0 Å². The van der Waals surface area contributed by atoms with Crippen LogP contribution >= 0.6 is 22.9 Å². The van der Waals surface area contributed by atoms with Crippen molar-refractivity contribution in [1.82, 2.24) is 15.0 Å². The Balaban J connectivity index is 1.83. The molecular weight excluding hydrogens is 356 g/mol. The number of rotatable bonds is 5. The van der Waals surface area contributed by atoms with Gasteiger partial charge in [0.15, 0.2) is 0 Å². The summed E-state index contributed by atoms with van der Waals surface area (Å²) in [6.45, 7) is 5.93. The predicted octanol–water partition coefficient (Wildman–Crippen LogP) is 5.05. The Labute approximate surface area is 156 Å². The minimum atomic E-state index is 0.0647. The van der Waals surface area contributed by atoms with E-state index in [1.54, 1.807) is 24.5 Å². The van der Waals surface area contributed by atoms with E-state index in [1.807, 2.05) is 38.1 Å². The maximum absolute atomic E-state index is 6.01. The average molecular weight is 375 g/mol. The van der Waals surface area contributed by atoms with Crippen molar-refractivity contribution in [1.29, 1.82) is 0 Å². The Morgan fingerprint density at radius 2 is 1.84 bits per heavy atom. The van der Waals surface area contributed by atoms with Gasteiger partial charge in [-0.1, -0.05) is 11.6 Å². The van der Waals surface area contributed by atoms with E-state index in [2.05, 4.69) is 22.2 Å². The third kappa shape index (κ3) is 4.08. The number of anilines is 1. The molecular formula is C18H19ClN4OS. The molecule has 3 rings (SSSR count). The van der Waals surface area contributed by atoms with E-state index >= 15 is 0 Å². The molecule has 25 heavy (non-hydrogen) atoms. The van der Waals surface area contributed by atoms with Crippen molar-refractivity contribution in [2.45, 2.75) is 26.8 Å². The van der Waals surface area contributed by atoms with Crippen LogP contribution in [0.5, 0.6) is 5.75 Å². The molecule has 0 amide bonds. The molecule has 0 spiro atoms. The van der Waals surface area contributed by atoms with Crippen molar-refractivity contribution < 1.29 is 4.74 Å². The molecule has 0 aliphatic carbocycles. The molecule has 0 radical (unpaired) electrons.